The molecule has 0 saturated carbocycles. The molecule has 1 spiro atoms. The normalized spacial score (nSPS) is 24.7. The topological polar surface area (TPSA) is 59.9 Å². The summed E-state index contributed by atoms with van der Waals surface area (Å²) in [6.07, 6.45) is -6.74. The van der Waals surface area contributed by atoms with Gasteiger partial charge < -0.3 is 14.9 Å². The van der Waals surface area contributed by atoms with E-state index in [-0.39, 0.29) is 22.8 Å². The third-order valence-corrected chi connectivity index (χ3v) is 7.22. The summed E-state index contributed by atoms with van der Waals surface area (Å²) in [5, 5.41) is 6.44. The van der Waals surface area contributed by atoms with E-state index in [1.165, 1.54) is 6.07 Å². The number of alkyl halides is 3. The Bertz CT molecular complexity index is 1230. The Labute approximate surface area is 208 Å². The van der Waals surface area contributed by atoms with E-state index in [9.17, 15) is 22.4 Å². The quantitative estimate of drug-likeness (QED) is 0.379. The van der Waals surface area contributed by atoms with Crippen LogP contribution in [0.15, 0.2) is 35.5 Å². The number of hydrogen-bond acceptors (Lipinski definition) is 5. The molecule has 1 saturated heterocycles. The second kappa shape index (κ2) is 8.73. The monoisotopic (exact) mass is 530 g/mol. The fraction of sp³-hybridized carbons (Fsp3) is 0.417. The van der Waals surface area contributed by atoms with Crippen LogP contribution < -0.4 is 5.32 Å². The summed E-state index contributed by atoms with van der Waals surface area (Å²) in [4.78, 5) is 17.3. The molecule has 1 fully saturated rings. The zero-order valence-electron chi connectivity index (χ0n) is 18.4. The van der Waals surface area contributed by atoms with Crippen LogP contribution in [-0.2, 0) is 20.0 Å². The van der Waals surface area contributed by atoms with Gasteiger partial charge in [-0.3, -0.25) is 4.79 Å². The molecule has 11 heteroatoms. The van der Waals surface area contributed by atoms with E-state index >= 15 is 0 Å². The molecule has 3 aliphatic rings. The van der Waals surface area contributed by atoms with Crippen LogP contribution in [0.2, 0.25) is 10.0 Å². The summed E-state index contributed by atoms with van der Waals surface area (Å²) in [6.45, 7) is 2.83. The second-order valence-electron chi connectivity index (χ2n) is 8.92. The summed E-state index contributed by atoms with van der Waals surface area (Å²) in [5.74, 6) is -3.33. The maximum absolute atomic E-state index is 14.7. The highest BCUT2D eigenvalue weighted by atomic mass is 35.5. The van der Waals surface area contributed by atoms with Crippen molar-refractivity contribution in [3.63, 3.8) is 0 Å². The highest BCUT2D eigenvalue weighted by Gasteiger charge is 2.55. The van der Waals surface area contributed by atoms with Crippen LogP contribution in [0.3, 0.4) is 0 Å². The van der Waals surface area contributed by atoms with E-state index in [2.05, 4.69) is 10.5 Å². The van der Waals surface area contributed by atoms with E-state index in [0.717, 1.165) is 17.7 Å². The largest absolute Gasteiger partial charge is 0.401 e. The number of ether oxygens (including phenoxy) is 1. The number of rotatable bonds is 5. The lowest BCUT2D eigenvalue weighted by atomic mass is 9.83. The summed E-state index contributed by atoms with van der Waals surface area (Å²) in [7, 11) is 0. The molecular formula is C24H20Cl2F4N2O3. The predicted octanol–water partition coefficient (Wildman–Crippen LogP) is 6.03. The van der Waals surface area contributed by atoms with Crippen molar-refractivity contribution in [2.75, 3.05) is 13.1 Å². The molecule has 2 aromatic carbocycles. The number of oxime groups is 1. The number of carbonyl (C=O) groups is 1. The fourth-order valence-corrected chi connectivity index (χ4v) is 5.39. The Hall–Kier alpha value is -2.20. The Kier molecular flexibility index (Phi) is 6.11. The summed E-state index contributed by atoms with van der Waals surface area (Å²) in [5.41, 5.74) is 0.209. The molecule has 2 aromatic rings. The lowest BCUT2D eigenvalue weighted by molar-refractivity contribution is -0.178. The molecule has 0 bridgehead atoms. The molecule has 186 valence electrons. The van der Waals surface area contributed by atoms with Gasteiger partial charge in [-0.25, -0.2) is 4.39 Å². The van der Waals surface area contributed by atoms with Gasteiger partial charge in [0.15, 0.2) is 6.10 Å². The van der Waals surface area contributed by atoms with Gasteiger partial charge in [0, 0.05) is 42.1 Å². The first kappa shape index (κ1) is 24.5. The van der Waals surface area contributed by atoms with Crippen LogP contribution in [0.5, 0.6) is 0 Å². The highest BCUT2D eigenvalue weighted by molar-refractivity contribution is 6.34. The molecule has 5 rings (SSSR count). The molecule has 0 radical (unpaired) electrons. The molecule has 3 unspecified atom stereocenters. The van der Waals surface area contributed by atoms with Crippen LogP contribution in [-0.4, -0.2) is 30.8 Å². The van der Waals surface area contributed by atoms with Gasteiger partial charge in [0.1, 0.15) is 28.8 Å². The van der Waals surface area contributed by atoms with Gasteiger partial charge in [0.05, 0.1) is 11.1 Å². The number of nitrogens with one attached hydrogen (secondary N) is 1. The summed E-state index contributed by atoms with van der Waals surface area (Å²) >= 11 is 11.7. The van der Waals surface area contributed by atoms with Crippen molar-refractivity contribution in [2.24, 2.45) is 11.1 Å². The number of hydrogen-bond donors (Lipinski definition) is 1. The smallest absolute Gasteiger partial charge is 0.386 e. The minimum absolute atomic E-state index is 0.0150. The number of Topliss-reactive ketones (excluding diaryl/α,β-unsaturated/α-hetero) is 1. The number of fused-ring (bicyclic) bond motifs is 2. The molecule has 3 aliphatic heterocycles. The first-order chi connectivity index (χ1) is 16.5. The van der Waals surface area contributed by atoms with Gasteiger partial charge >= 0.3 is 6.18 Å². The molecule has 1 N–H and O–H groups in total. The van der Waals surface area contributed by atoms with Gasteiger partial charge in [0.2, 0.25) is 0 Å². The summed E-state index contributed by atoms with van der Waals surface area (Å²) in [6, 6.07) is 6.96. The third-order valence-electron chi connectivity index (χ3n) is 6.72. The lowest BCUT2D eigenvalue weighted by Gasteiger charge is -2.39. The molecule has 0 amide bonds. The molecular weight excluding hydrogens is 511 g/mol. The van der Waals surface area contributed by atoms with Crippen molar-refractivity contribution >= 4 is 34.7 Å². The maximum Gasteiger partial charge on any atom is 0.401 e. The Morgan fingerprint density at radius 1 is 1.20 bits per heavy atom. The van der Waals surface area contributed by atoms with Crippen molar-refractivity contribution < 1.29 is 31.9 Å². The van der Waals surface area contributed by atoms with Crippen LogP contribution in [0.4, 0.5) is 17.6 Å². The third kappa shape index (κ3) is 4.12. The highest BCUT2D eigenvalue weighted by Crippen LogP contribution is 2.50. The van der Waals surface area contributed by atoms with Crippen LogP contribution in [0.1, 0.15) is 54.2 Å². The van der Waals surface area contributed by atoms with E-state index in [1.807, 2.05) is 0 Å². The van der Waals surface area contributed by atoms with Gasteiger partial charge in [0.25, 0.3) is 0 Å². The molecule has 0 aliphatic carbocycles. The Morgan fingerprint density at radius 2 is 1.94 bits per heavy atom. The lowest BCUT2D eigenvalue weighted by Crippen LogP contribution is -2.56. The molecule has 0 aromatic heterocycles. The maximum atomic E-state index is 14.7. The molecule has 35 heavy (non-hydrogen) atoms. The first-order valence-electron chi connectivity index (χ1n) is 11.0. The van der Waals surface area contributed by atoms with E-state index < -0.39 is 52.0 Å². The minimum Gasteiger partial charge on any atom is -0.386 e. The molecule has 5 nitrogen and oxygen atoms in total. The van der Waals surface area contributed by atoms with Gasteiger partial charge in [-0.1, -0.05) is 47.4 Å². The number of nitrogens with zero attached hydrogens (tertiary/aromatic N) is 1. The Morgan fingerprint density at radius 3 is 2.57 bits per heavy atom. The van der Waals surface area contributed by atoms with Crippen molar-refractivity contribution in [1.82, 2.24) is 5.32 Å². The molecule has 3 heterocycles. The first-order valence-corrected chi connectivity index (χ1v) is 11.8. The zero-order chi connectivity index (χ0) is 25.1. The van der Waals surface area contributed by atoms with Gasteiger partial charge in [-0.15, -0.1) is 0 Å². The number of halogens is 6. The number of carbonyl (C=O) groups excluding carboxylic acids is 1. The number of ketones is 1. The average molecular weight is 531 g/mol. The van der Waals surface area contributed by atoms with Crippen LogP contribution in [0, 0.1) is 11.7 Å². The summed E-state index contributed by atoms with van der Waals surface area (Å²) < 4.78 is 63.8. The average Bonchev–Trinajstić information content (AvgIpc) is 3.36. The van der Waals surface area contributed by atoms with Crippen LogP contribution >= 0.6 is 23.2 Å². The van der Waals surface area contributed by atoms with E-state index in [4.69, 9.17) is 32.8 Å². The van der Waals surface area contributed by atoms with Gasteiger partial charge in [-0.05, 0) is 29.3 Å². The van der Waals surface area contributed by atoms with Crippen molar-refractivity contribution in [1.29, 1.82) is 0 Å². The van der Waals surface area contributed by atoms with Crippen molar-refractivity contribution in [3.05, 3.63) is 68.4 Å². The molecule has 3 atom stereocenters. The predicted molar refractivity (Wildman–Crippen MR) is 121 cm³/mol. The fourth-order valence-electron chi connectivity index (χ4n) is 4.88. The number of benzene rings is 2. The standard InChI is InChI=1S/C24H20Cl2F4N2O3/c1-2-13(33)8-18-14-5-11(3-4-16(14)23(34-18)9-31-10-23)21-19(24(28,29)30)22(35-32-21)15-6-12(25)7-17(26)20(15)27/h3-7,18-19,22,31H,2,8-10H2,1H3. The SMILES string of the molecule is CCC(=O)CC1OC2(CNC2)c2ccc(C3=NOC(c4cc(Cl)cc(Cl)c4F)C3C(F)(F)F)cc21. The van der Waals surface area contributed by atoms with Crippen molar-refractivity contribution in [2.45, 2.75) is 43.8 Å². The second-order valence-corrected chi connectivity index (χ2v) is 9.76. The minimum atomic E-state index is -4.81. The van der Waals surface area contributed by atoms with Crippen molar-refractivity contribution in [3.8, 4) is 0 Å². The van der Waals surface area contributed by atoms with Crippen LogP contribution in [0.25, 0.3) is 0 Å². The Balaban J connectivity index is 1.55. The van der Waals surface area contributed by atoms with E-state index in [1.54, 1.807) is 19.1 Å². The van der Waals surface area contributed by atoms with E-state index in [0.29, 0.717) is 25.1 Å². The van der Waals surface area contributed by atoms with Gasteiger partial charge in [-0.2, -0.15) is 13.2 Å². The zero-order valence-corrected chi connectivity index (χ0v) is 19.9.